The Labute approximate surface area is 184 Å². The van der Waals surface area contributed by atoms with Gasteiger partial charge in [0.15, 0.2) is 0 Å². The molecule has 0 radical (unpaired) electrons. The van der Waals surface area contributed by atoms with Crippen LogP contribution in [0.25, 0.3) is 10.9 Å². The van der Waals surface area contributed by atoms with Crippen LogP contribution in [0.3, 0.4) is 0 Å². The highest BCUT2D eigenvalue weighted by atomic mass is 16.5. The van der Waals surface area contributed by atoms with E-state index in [9.17, 15) is 14.4 Å². The second-order valence-electron chi connectivity index (χ2n) is 8.02. The molecule has 1 aliphatic rings. The smallest absolute Gasteiger partial charge is 0.339 e. The molecule has 9 heteroatoms. The second-order valence-corrected chi connectivity index (χ2v) is 8.02. The fourth-order valence-corrected chi connectivity index (χ4v) is 4.21. The predicted octanol–water partition coefficient (Wildman–Crippen LogP) is 3.12. The highest BCUT2D eigenvalue weighted by molar-refractivity contribution is 5.94. The maximum Gasteiger partial charge on any atom is 0.339 e. The molecule has 1 atom stereocenters. The number of carbonyl (C=O) groups excluding carboxylic acids is 2. The zero-order chi connectivity index (χ0) is 22.5. The Kier molecular flexibility index (Phi) is 6.53. The van der Waals surface area contributed by atoms with Crippen LogP contribution in [0.1, 0.15) is 54.9 Å². The minimum atomic E-state index is -0.724. The molecule has 0 bridgehead atoms. The summed E-state index contributed by atoms with van der Waals surface area (Å²) in [5.41, 5.74) is 0.501. The number of esters is 1. The third kappa shape index (κ3) is 4.66. The van der Waals surface area contributed by atoms with Crippen molar-refractivity contribution in [2.75, 3.05) is 12.4 Å². The number of aromatic nitrogens is 4. The molecule has 1 aliphatic carbocycles. The Morgan fingerprint density at radius 3 is 2.69 bits per heavy atom. The maximum absolute atomic E-state index is 13.3. The lowest BCUT2D eigenvalue weighted by atomic mass is 9.84. The molecule has 1 amide bonds. The summed E-state index contributed by atoms with van der Waals surface area (Å²) >= 11 is 0. The van der Waals surface area contributed by atoms with Gasteiger partial charge in [-0.05, 0) is 30.5 Å². The van der Waals surface area contributed by atoms with Crippen LogP contribution in [0.4, 0.5) is 5.82 Å². The third-order valence-corrected chi connectivity index (χ3v) is 5.94. The van der Waals surface area contributed by atoms with Gasteiger partial charge in [0.05, 0.1) is 36.1 Å². The standard InChI is InChI=1S/C23H25N5O4/c1-32-23(31)16-7-8-20(25-12-16)27-21(29)19(11-15-5-3-2-4-6-15)28-14-26-18-13-24-10-9-17(18)22(28)30/h7-10,12-15,19H,2-6,11H2,1H3,(H,25,27,29). The van der Waals surface area contributed by atoms with Crippen LogP contribution in [0.2, 0.25) is 0 Å². The molecule has 0 aliphatic heterocycles. The Morgan fingerprint density at radius 2 is 1.97 bits per heavy atom. The van der Waals surface area contributed by atoms with Crippen molar-refractivity contribution in [2.24, 2.45) is 5.92 Å². The van der Waals surface area contributed by atoms with E-state index in [4.69, 9.17) is 0 Å². The van der Waals surface area contributed by atoms with Gasteiger partial charge < -0.3 is 10.1 Å². The van der Waals surface area contributed by atoms with Gasteiger partial charge in [0.25, 0.3) is 5.56 Å². The third-order valence-electron chi connectivity index (χ3n) is 5.94. The van der Waals surface area contributed by atoms with E-state index in [0.29, 0.717) is 29.1 Å². The monoisotopic (exact) mass is 435 g/mol. The molecular formula is C23H25N5O4. The van der Waals surface area contributed by atoms with Crippen LogP contribution in [-0.4, -0.2) is 38.5 Å². The zero-order valence-electron chi connectivity index (χ0n) is 17.9. The van der Waals surface area contributed by atoms with Crippen molar-refractivity contribution in [3.8, 4) is 0 Å². The number of ether oxygens (including phenoxy) is 1. The summed E-state index contributed by atoms with van der Waals surface area (Å²) in [5, 5.41) is 3.21. The molecule has 1 unspecified atom stereocenters. The summed E-state index contributed by atoms with van der Waals surface area (Å²) in [6, 6.07) is 3.96. The van der Waals surface area contributed by atoms with Crippen LogP contribution < -0.4 is 10.9 Å². The molecule has 3 heterocycles. The molecule has 0 saturated heterocycles. The van der Waals surface area contributed by atoms with Crippen molar-refractivity contribution in [1.82, 2.24) is 19.5 Å². The molecule has 9 nitrogen and oxygen atoms in total. The molecule has 1 fully saturated rings. The van der Waals surface area contributed by atoms with Gasteiger partial charge in [-0.25, -0.2) is 14.8 Å². The minimum absolute atomic E-state index is 0.276. The molecule has 166 valence electrons. The molecule has 1 N–H and O–H groups in total. The molecule has 4 rings (SSSR count). The molecule has 3 aromatic rings. The van der Waals surface area contributed by atoms with E-state index in [0.717, 1.165) is 25.7 Å². The van der Waals surface area contributed by atoms with Gasteiger partial charge in [-0.2, -0.15) is 0 Å². The summed E-state index contributed by atoms with van der Waals surface area (Å²) in [6.45, 7) is 0. The molecule has 3 aromatic heterocycles. The summed E-state index contributed by atoms with van der Waals surface area (Å²) in [7, 11) is 1.29. The van der Waals surface area contributed by atoms with Gasteiger partial charge in [-0.15, -0.1) is 0 Å². The number of carbonyl (C=O) groups is 2. The topological polar surface area (TPSA) is 116 Å². The molecule has 32 heavy (non-hydrogen) atoms. The van der Waals surface area contributed by atoms with Crippen molar-refractivity contribution in [3.63, 3.8) is 0 Å². The highest BCUT2D eigenvalue weighted by Crippen LogP contribution is 2.31. The lowest BCUT2D eigenvalue weighted by molar-refractivity contribution is -0.120. The number of methoxy groups -OCH3 is 1. The lowest BCUT2D eigenvalue weighted by Gasteiger charge is -2.27. The summed E-state index contributed by atoms with van der Waals surface area (Å²) < 4.78 is 6.08. The van der Waals surface area contributed by atoms with Gasteiger partial charge in [0.2, 0.25) is 5.91 Å². The minimum Gasteiger partial charge on any atom is -0.465 e. The first-order valence-electron chi connectivity index (χ1n) is 10.7. The van der Waals surface area contributed by atoms with E-state index < -0.39 is 12.0 Å². The summed E-state index contributed by atoms with van der Waals surface area (Å²) in [6.07, 6.45) is 11.9. The fraction of sp³-hybridized carbons (Fsp3) is 0.391. The Bertz CT molecular complexity index is 1170. The van der Waals surface area contributed by atoms with Gasteiger partial charge in [-0.1, -0.05) is 32.1 Å². The fourth-order valence-electron chi connectivity index (χ4n) is 4.21. The Balaban J connectivity index is 1.63. The summed E-state index contributed by atoms with van der Waals surface area (Å²) in [4.78, 5) is 50.6. The molecule has 0 aromatic carbocycles. The largest absolute Gasteiger partial charge is 0.465 e. The van der Waals surface area contributed by atoms with Crippen LogP contribution in [-0.2, 0) is 9.53 Å². The molecule has 1 saturated carbocycles. The number of amides is 1. The predicted molar refractivity (Wildman–Crippen MR) is 118 cm³/mol. The van der Waals surface area contributed by atoms with Gasteiger partial charge in [0.1, 0.15) is 11.9 Å². The first kappa shape index (κ1) is 21.6. The number of hydrogen-bond acceptors (Lipinski definition) is 7. The number of fused-ring (bicyclic) bond motifs is 1. The van der Waals surface area contributed by atoms with Crippen molar-refractivity contribution in [3.05, 3.63) is 59.0 Å². The number of rotatable bonds is 6. The first-order valence-corrected chi connectivity index (χ1v) is 10.7. The molecule has 0 spiro atoms. The van der Waals surface area contributed by atoms with E-state index in [1.165, 1.54) is 49.0 Å². The van der Waals surface area contributed by atoms with E-state index in [1.807, 2.05) is 0 Å². The van der Waals surface area contributed by atoms with E-state index in [-0.39, 0.29) is 17.0 Å². The lowest BCUT2D eigenvalue weighted by Crippen LogP contribution is -2.35. The first-order chi connectivity index (χ1) is 15.6. The van der Waals surface area contributed by atoms with Crippen LogP contribution in [0, 0.1) is 5.92 Å². The number of nitrogens with zero attached hydrogens (tertiary/aromatic N) is 4. The van der Waals surface area contributed by atoms with E-state index in [2.05, 4.69) is 25.0 Å². The van der Waals surface area contributed by atoms with Gasteiger partial charge >= 0.3 is 5.97 Å². The summed E-state index contributed by atoms with van der Waals surface area (Å²) in [5.74, 6) is -0.198. The number of nitrogens with one attached hydrogen (secondary N) is 1. The molecular weight excluding hydrogens is 410 g/mol. The normalized spacial score (nSPS) is 15.3. The number of pyridine rings is 2. The number of anilines is 1. The zero-order valence-corrected chi connectivity index (χ0v) is 17.9. The van der Waals surface area contributed by atoms with Crippen molar-refractivity contribution >= 4 is 28.6 Å². The quantitative estimate of drug-likeness (QED) is 0.591. The highest BCUT2D eigenvalue weighted by Gasteiger charge is 2.27. The average Bonchev–Trinajstić information content (AvgIpc) is 2.84. The van der Waals surface area contributed by atoms with Crippen LogP contribution in [0.5, 0.6) is 0 Å². The maximum atomic E-state index is 13.3. The average molecular weight is 435 g/mol. The van der Waals surface area contributed by atoms with Crippen molar-refractivity contribution < 1.29 is 14.3 Å². The SMILES string of the molecule is COC(=O)c1ccc(NC(=O)C(CC2CCCCC2)n2cnc3cnccc3c2=O)nc1. The van der Waals surface area contributed by atoms with Crippen molar-refractivity contribution in [1.29, 1.82) is 0 Å². The van der Waals surface area contributed by atoms with Crippen molar-refractivity contribution in [2.45, 2.75) is 44.6 Å². The van der Waals surface area contributed by atoms with Gasteiger partial charge in [-0.3, -0.25) is 19.1 Å². The number of hydrogen-bond donors (Lipinski definition) is 1. The second kappa shape index (κ2) is 9.67. The van der Waals surface area contributed by atoms with E-state index in [1.54, 1.807) is 12.3 Å². The van der Waals surface area contributed by atoms with Crippen LogP contribution in [0.15, 0.2) is 47.9 Å². The Hall–Kier alpha value is -3.62. The van der Waals surface area contributed by atoms with E-state index >= 15 is 0 Å². The Morgan fingerprint density at radius 1 is 1.16 bits per heavy atom. The van der Waals surface area contributed by atoms with Gasteiger partial charge in [0, 0.05) is 12.4 Å². The van der Waals surface area contributed by atoms with Crippen LogP contribution >= 0.6 is 0 Å².